The number of hydrogen-bond donors (Lipinski definition) is 2. The minimum Gasteiger partial charge on any atom is -0.497 e. The number of fused-ring (bicyclic) bond motifs is 1. The Balaban J connectivity index is 1.71. The molecule has 0 saturated heterocycles. The number of nitrogens with one attached hydrogen (secondary N) is 2. The van der Waals surface area contributed by atoms with E-state index in [1.54, 1.807) is 69.9 Å². The van der Waals surface area contributed by atoms with Crippen molar-refractivity contribution >= 4 is 17.5 Å². The van der Waals surface area contributed by atoms with Gasteiger partial charge in [-0.2, -0.15) is 0 Å². The van der Waals surface area contributed by atoms with Crippen molar-refractivity contribution in [2.45, 2.75) is 6.17 Å². The number of rotatable bonds is 6. The molecular weight excluding hydrogens is 410 g/mol. The van der Waals surface area contributed by atoms with Crippen LogP contribution in [-0.4, -0.2) is 38.2 Å². The Labute approximate surface area is 185 Å². The molecule has 8 heteroatoms. The van der Waals surface area contributed by atoms with E-state index in [2.05, 4.69) is 10.7 Å². The molecule has 2 N–H and O–H groups in total. The molecule has 1 unspecified atom stereocenters. The summed E-state index contributed by atoms with van der Waals surface area (Å²) in [5, 5.41) is 4.62. The molecule has 0 aliphatic carbocycles. The third kappa shape index (κ3) is 3.90. The Kier molecular flexibility index (Phi) is 5.85. The number of para-hydroxylation sites is 1. The molecule has 32 heavy (non-hydrogen) atoms. The summed E-state index contributed by atoms with van der Waals surface area (Å²) in [5.74, 6) is 0.954. The van der Waals surface area contributed by atoms with E-state index in [0.29, 0.717) is 39.6 Å². The van der Waals surface area contributed by atoms with Gasteiger partial charge in [0.2, 0.25) is 0 Å². The third-order valence-electron chi connectivity index (χ3n) is 5.22. The molecule has 0 spiro atoms. The zero-order valence-corrected chi connectivity index (χ0v) is 17.9. The molecule has 0 radical (unpaired) electrons. The van der Waals surface area contributed by atoms with Gasteiger partial charge in [0.25, 0.3) is 11.8 Å². The topological polar surface area (TPSA) is 89.1 Å². The summed E-state index contributed by atoms with van der Waals surface area (Å²) < 4.78 is 15.9. The molecule has 1 atom stereocenters. The maximum Gasteiger partial charge on any atom is 0.276 e. The predicted molar refractivity (Wildman–Crippen MR) is 119 cm³/mol. The highest BCUT2D eigenvalue weighted by molar-refractivity contribution is 6.04. The van der Waals surface area contributed by atoms with Crippen molar-refractivity contribution in [1.29, 1.82) is 0 Å². The van der Waals surface area contributed by atoms with Gasteiger partial charge in [-0.3, -0.25) is 15.0 Å². The lowest BCUT2D eigenvalue weighted by atomic mass is 10.0. The lowest BCUT2D eigenvalue weighted by Gasteiger charge is -2.37. The number of carbonyl (C=O) groups is 2. The molecule has 0 saturated carbocycles. The predicted octanol–water partition coefficient (Wildman–Crippen LogP) is 3.62. The smallest absolute Gasteiger partial charge is 0.276 e. The molecular formula is C24H23N3O5. The van der Waals surface area contributed by atoms with Crippen LogP contribution in [0, 0.1) is 0 Å². The van der Waals surface area contributed by atoms with Crippen molar-refractivity contribution in [3.63, 3.8) is 0 Å². The van der Waals surface area contributed by atoms with Gasteiger partial charge in [0, 0.05) is 16.8 Å². The van der Waals surface area contributed by atoms with Gasteiger partial charge in [-0.1, -0.05) is 18.2 Å². The highest BCUT2D eigenvalue weighted by atomic mass is 16.5. The van der Waals surface area contributed by atoms with E-state index >= 15 is 0 Å². The average molecular weight is 433 g/mol. The SMILES string of the molecule is COc1ccc(C(=O)NN2C(=O)c3ccccc3NC2c2ccc(OC)c(OC)c2)cc1. The van der Waals surface area contributed by atoms with Crippen LogP contribution in [0.2, 0.25) is 0 Å². The van der Waals surface area contributed by atoms with Crippen LogP contribution in [0.1, 0.15) is 32.4 Å². The van der Waals surface area contributed by atoms with Gasteiger partial charge < -0.3 is 19.5 Å². The largest absolute Gasteiger partial charge is 0.497 e. The van der Waals surface area contributed by atoms with Gasteiger partial charge in [-0.15, -0.1) is 0 Å². The second-order valence-electron chi connectivity index (χ2n) is 7.05. The zero-order valence-electron chi connectivity index (χ0n) is 17.9. The Morgan fingerprint density at radius 1 is 0.906 bits per heavy atom. The number of benzene rings is 3. The minimum absolute atomic E-state index is 0.332. The summed E-state index contributed by atoms with van der Waals surface area (Å²) in [6, 6.07) is 19.1. The van der Waals surface area contributed by atoms with Crippen molar-refractivity contribution in [2.75, 3.05) is 26.6 Å². The van der Waals surface area contributed by atoms with Crippen LogP contribution in [0.25, 0.3) is 0 Å². The van der Waals surface area contributed by atoms with Crippen molar-refractivity contribution in [3.8, 4) is 17.2 Å². The Morgan fingerprint density at radius 2 is 1.62 bits per heavy atom. The van der Waals surface area contributed by atoms with Crippen molar-refractivity contribution in [2.24, 2.45) is 0 Å². The molecule has 3 aromatic carbocycles. The second-order valence-corrected chi connectivity index (χ2v) is 7.05. The molecule has 1 heterocycles. The molecule has 2 amide bonds. The fourth-order valence-electron chi connectivity index (χ4n) is 3.54. The number of carbonyl (C=O) groups excluding carboxylic acids is 2. The van der Waals surface area contributed by atoms with Crippen molar-refractivity contribution in [3.05, 3.63) is 83.4 Å². The first-order valence-electron chi connectivity index (χ1n) is 9.91. The third-order valence-corrected chi connectivity index (χ3v) is 5.22. The zero-order chi connectivity index (χ0) is 22.7. The standard InChI is InChI=1S/C24H23N3O5/c1-30-17-11-8-15(9-12-17)23(28)26-27-22(16-10-13-20(31-2)21(14-16)32-3)25-19-7-5-4-6-18(19)24(27)29/h4-14,22,25H,1-3H3,(H,26,28). The molecule has 3 aromatic rings. The van der Waals surface area contributed by atoms with Crippen LogP contribution in [0.5, 0.6) is 17.2 Å². The van der Waals surface area contributed by atoms with Gasteiger partial charge in [-0.25, -0.2) is 5.01 Å². The molecule has 0 fully saturated rings. The molecule has 164 valence electrons. The van der Waals surface area contributed by atoms with Gasteiger partial charge >= 0.3 is 0 Å². The Morgan fingerprint density at radius 3 is 2.31 bits per heavy atom. The first kappa shape index (κ1) is 21.0. The van der Waals surface area contributed by atoms with Crippen molar-refractivity contribution < 1.29 is 23.8 Å². The van der Waals surface area contributed by atoms with E-state index in [-0.39, 0.29) is 5.91 Å². The van der Waals surface area contributed by atoms with Gasteiger partial charge in [0.05, 0.1) is 26.9 Å². The van der Waals surface area contributed by atoms with Crippen LogP contribution in [0.15, 0.2) is 66.7 Å². The summed E-state index contributed by atoms with van der Waals surface area (Å²) in [7, 11) is 4.65. The van der Waals surface area contributed by atoms with Crippen LogP contribution < -0.4 is 25.0 Å². The molecule has 1 aliphatic rings. The van der Waals surface area contributed by atoms with Crippen LogP contribution in [-0.2, 0) is 0 Å². The normalized spacial score (nSPS) is 14.8. The number of hydrazine groups is 1. The van der Waals surface area contributed by atoms with Gasteiger partial charge in [-0.05, 0) is 48.5 Å². The van der Waals surface area contributed by atoms with Crippen LogP contribution in [0.3, 0.4) is 0 Å². The van der Waals surface area contributed by atoms with E-state index in [9.17, 15) is 9.59 Å². The summed E-state index contributed by atoms with van der Waals surface area (Å²) in [5.41, 5.74) is 4.98. The first-order valence-corrected chi connectivity index (χ1v) is 9.91. The number of nitrogens with zero attached hydrogens (tertiary/aromatic N) is 1. The molecule has 0 bridgehead atoms. The monoisotopic (exact) mass is 433 g/mol. The maximum atomic E-state index is 13.3. The van der Waals surface area contributed by atoms with Crippen LogP contribution in [0.4, 0.5) is 5.69 Å². The van der Waals surface area contributed by atoms with Crippen molar-refractivity contribution in [1.82, 2.24) is 10.4 Å². The van der Waals surface area contributed by atoms with E-state index < -0.39 is 12.1 Å². The Hall–Kier alpha value is -4.20. The van der Waals surface area contributed by atoms with Gasteiger partial charge in [0.1, 0.15) is 11.9 Å². The lowest BCUT2D eigenvalue weighted by molar-refractivity contribution is 0.0490. The van der Waals surface area contributed by atoms with E-state index in [0.717, 1.165) is 0 Å². The highest BCUT2D eigenvalue weighted by Crippen LogP contribution is 2.36. The summed E-state index contributed by atoms with van der Waals surface area (Å²) >= 11 is 0. The maximum absolute atomic E-state index is 13.3. The molecule has 0 aromatic heterocycles. The van der Waals surface area contributed by atoms with E-state index in [1.807, 2.05) is 18.2 Å². The lowest BCUT2D eigenvalue weighted by Crippen LogP contribution is -2.52. The number of hydrogen-bond acceptors (Lipinski definition) is 6. The van der Waals surface area contributed by atoms with Crippen LogP contribution >= 0.6 is 0 Å². The minimum atomic E-state index is -0.667. The fourth-order valence-corrected chi connectivity index (χ4v) is 3.54. The number of ether oxygens (including phenoxy) is 3. The fraction of sp³-hybridized carbons (Fsp3) is 0.167. The molecule has 8 nitrogen and oxygen atoms in total. The average Bonchev–Trinajstić information content (AvgIpc) is 2.85. The summed E-state index contributed by atoms with van der Waals surface area (Å²) in [6.07, 6.45) is -0.667. The second kappa shape index (κ2) is 8.89. The number of methoxy groups -OCH3 is 3. The van der Waals surface area contributed by atoms with E-state index in [1.165, 1.54) is 5.01 Å². The molecule has 4 rings (SSSR count). The number of anilines is 1. The molecule has 1 aliphatic heterocycles. The quantitative estimate of drug-likeness (QED) is 0.617. The summed E-state index contributed by atoms with van der Waals surface area (Å²) in [6.45, 7) is 0. The first-order chi connectivity index (χ1) is 15.5. The number of amides is 2. The highest BCUT2D eigenvalue weighted by Gasteiger charge is 2.35. The Bertz CT molecular complexity index is 1150. The summed E-state index contributed by atoms with van der Waals surface area (Å²) in [4.78, 5) is 26.3. The van der Waals surface area contributed by atoms with E-state index in [4.69, 9.17) is 14.2 Å². The van der Waals surface area contributed by atoms with Gasteiger partial charge in [0.15, 0.2) is 11.5 Å².